The Kier molecular flexibility index (Phi) is 6.64. The van der Waals surface area contributed by atoms with Crippen LogP contribution in [0.2, 0.25) is 0 Å². The number of nitrogens with one attached hydrogen (secondary N) is 2. The second-order valence-electron chi connectivity index (χ2n) is 5.74. The van der Waals surface area contributed by atoms with Gasteiger partial charge < -0.3 is 20.1 Å². The van der Waals surface area contributed by atoms with Crippen molar-refractivity contribution in [2.45, 2.75) is 45.6 Å². The van der Waals surface area contributed by atoms with Gasteiger partial charge in [-0.3, -0.25) is 4.99 Å². The van der Waals surface area contributed by atoms with Crippen LogP contribution >= 0.6 is 0 Å². The normalized spacial score (nSPS) is 17.7. The molecule has 2 heterocycles. The summed E-state index contributed by atoms with van der Waals surface area (Å²) < 4.78 is 5.10. The molecule has 0 bridgehead atoms. The van der Waals surface area contributed by atoms with E-state index in [0.717, 1.165) is 12.5 Å². The third-order valence-electron chi connectivity index (χ3n) is 3.89. The molecule has 0 atom stereocenters. The summed E-state index contributed by atoms with van der Waals surface area (Å²) in [5.74, 6) is 2.19. The van der Waals surface area contributed by atoms with Crippen LogP contribution in [0.5, 0.6) is 0 Å². The number of hydrogen-bond donors (Lipinski definition) is 2. The van der Waals surface area contributed by atoms with Gasteiger partial charge in [-0.1, -0.05) is 12.1 Å². The van der Waals surface area contributed by atoms with E-state index in [-0.39, 0.29) is 0 Å². The van der Waals surface area contributed by atoms with Crippen molar-refractivity contribution in [1.29, 1.82) is 0 Å². The van der Waals surface area contributed by atoms with E-state index in [1.54, 1.807) is 7.05 Å². The van der Waals surface area contributed by atoms with Gasteiger partial charge in [-0.2, -0.15) is 4.98 Å². The van der Waals surface area contributed by atoms with Crippen molar-refractivity contribution in [1.82, 2.24) is 25.7 Å². The molecule has 0 unspecified atom stereocenters. The van der Waals surface area contributed by atoms with Gasteiger partial charge in [0.1, 0.15) is 0 Å². The van der Waals surface area contributed by atoms with Crippen LogP contribution in [0, 0.1) is 6.92 Å². The Bertz CT molecular complexity index is 464. The van der Waals surface area contributed by atoms with Crippen molar-refractivity contribution in [3.05, 3.63) is 11.7 Å². The molecule has 7 nitrogen and oxygen atoms in total. The standard InChI is InChI=1S/C15H28N6O/c1-4-9-21-10-6-13(7-11-21)19-15(16-3)17-8-5-14-18-12(2)20-22-14/h13H,4-11H2,1-3H3,(H2,16,17,19). The van der Waals surface area contributed by atoms with E-state index in [0.29, 0.717) is 24.2 Å². The highest BCUT2D eigenvalue weighted by molar-refractivity contribution is 5.79. The van der Waals surface area contributed by atoms with Crippen LogP contribution in [0.4, 0.5) is 0 Å². The maximum atomic E-state index is 5.10. The monoisotopic (exact) mass is 308 g/mol. The summed E-state index contributed by atoms with van der Waals surface area (Å²) in [6, 6.07) is 0.505. The molecule has 0 saturated carbocycles. The number of piperidine rings is 1. The molecule has 0 aromatic carbocycles. The Morgan fingerprint density at radius 2 is 2.18 bits per heavy atom. The van der Waals surface area contributed by atoms with Crippen LogP contribution in [0.15, 0.2) is 9.52 Å². The lowest BCUT2D eigenvalue weighted by molar-refractivity contribution is 0.206. The molecule has 22 heavy (non-hydrogen) atoms. The first kappa shape index (κ1) is 16.7. The Labute approximate surface area is 132 Å². The van der Waals surface area contributed by atoms with Crippen LogP contribution in [0.1, 0.15) is 37.9 Å². The number of nitrogens with zero attached hydrogens (tertiary/aromatic N) is 4. The van der Waals surface area contributed by atoms with E-state index >= 15 is 0 Å². The second-order valence-corrected chi connectivity index (χ2v) is 5.74. The SMILES string of the molecule is CCCN1CCC(NC(=NC)NCCc2nc(C)no2)CC1. The maximum Gasteiger partial charge on any atom is 0.228 e. The van der Waals surface area contributed by atoms with Crippen LogP contribution in [-0.2, 0) is 6.42 Å². The highest BCUT2D eigenvalue weighted by atomic mass is 16.5. The maximum absolute atomic E-state index is 5.10. The summed E-state index contributed by atoms with van der Waals surface area (Å²) in [5, 5.41) is 10.6. The summed E-state index contributed by atoms with van der Waals surface area (Å²) in [5.41, 5.74) is 0. The quantitative estimate of drug-likeness (QED) is 0.602. The zero-order valence-corrected chi connectivity index (χ0v) is 13.9. The minimum atomic E-state index is 0.505. The predicted octanol–water partition coefficient (Wildman–Crippen LogP) is 0.960. The summed E-state index contributed by atoms with van der Waals surface area (Å²) in [6.45, 7) is 8.35. The molecular weight excluding hydrogens is 280 g/mol. The number of aliphatic imine (C=N–C) groups is 1. The zero-order valence-electron chi connectivity index (χ0n) is 13.9. The average Bonchev–Trinajstić information content (AvgIpc) is 2.94. The molecule has 1 aliphatic rings. The first-order valence-corrected chi connectivity index (χ1v) is 8.20. The van der Waals surface area contributed by atoms with E-state index in [4.69, 9.17) is 4.52 Å². The largest absolute Gasteiger partial charge is 0.356 e. The lowest BCUT2D eigenvalue weighted by Gasteiger charge is -2.32. The van der Waals surface area contributed by atoms with Gasteiger partial charge in [-0.25, -0.2) is 0 Å². The Hall–Kier alpha value is -1.63. The van der Waals surface area contributed by atoms with Gasteiger partial charge in [0.15, 0.2) is 11.8 Å². The highest BCUT2D eigenvalue weighted by Crippen LogP contribution is 2.10. The van der Waals surface area contributed by atoms with Crippen molar-refractivity contribution >= 4 is 5.96 Å². The van der Waals surface area contributed by atoms with Gasteiger partial charge in [-0.05, 0) is 32.7 Å². The van der Waals surface area contributed by atoms with E-state index in [9.17, 15) is 0 Å². The predicted molar refractivity (Wildman–Crippen MR) is 87.0 cm³/mol. The minimum Gasteiger partial charge on any atom is -0.356 e. The van der Waals surface area contributed by atoms with Gasteiger partial charge in [-0.15, -0.1) is 0 Å². The summed E-state index contributed by atoms with van der Waals surface area (Å²) in [6.07, 6.45) is 4.28. The molecule has 1 aromatic rings. The van der Waals surface area contributed by atoms with Gasteiger partial charge in [0.2, 0.25) is 5.89 Å². The van der Waals surface area contributed by atoms with Crippen molar-refractivity contribution in [2.24, 2.45) is 4.99 Å². The molecule has 1 fully saturated rings. The number of aryl methyl sites for hydroxylation is 1. The van der Waals surface area contributed by atoms with E-state index in [2.05, 4.69) is 37.6 Å². The van der Waals surface area contributed by atoms with Gasteiger partial charge >= 0.3 is 0 Å². The third-order valence-corrected chi connectivity index (χ3v) is 3.89. The Balaban J connectivity index is 1.67. The van der Waals surface area contributed by atoms with Crippen molar-refractivity contribution in [3.8, 4) is 0 Å². The smallest absolute Gasteiger partial charge is 0.228 e. The molecule has 7 heteroatoms. The van der Waals surface area contributed by atoms with Crippen molar-refractivity contribution in [2.75, 3.05) is 33.2 Å². The van der Waals surface area contributed by atoms with Crippen LogP contribution < -0.4 is 10.6 Å². The average molecular weight is 308 g/mol. The fraction of sp³-hybridized carbons (Fsp3) is 0.800. The van der Waals surface area contributed by atoms with Crippen LogP contribution in [-0.4, -0.2) is 60.3 Å². The minimum absolute atomic E-state index is 0.505. The molecule has 0 aliphatic carbocycles. The summed E-state index contributed by atoms with van der Waals surface area (Å²) in [7, 11) is 1.80. The fourth-order valence-corrected chi connectivity index (χ4v) is 2.73. The molecule has 124 valence electrons. The molecule has 1 aromatic heterocycles. The molecule has 2 N–H and O–H groups in total. The highest BCUT2D eigenvalue weighted by Gasteiger charge is 2.19. The van der Waals surface area contributed by atoms with Gasteiger partial charge in [0, 0.05) is 39.1 Å². The van der Waals surface area contributed by atoms with Crippen LogP contribution in [0.3, 0.4) is 0 Å². The van der Waals surface area contributed by atoms with E-state index < -0.39 is 0 Å². The van der Waals surface area contributed by atoms with E-state index in [1.165, 1.54) is 38.9 Å². The lowest BCUT2D eigenvalue weighted by Crippen LogP contribution is -2.49. The molecule has 0 spiro atoms. The number of likely N-dealkylation sites (tertiary alicyclic amines) is 1. The summed E-state index contributed by atoms with van der Waals surface area (Å²) in [4.78, 5) is 11.0. The van der Waals surface area contributed by atoms with Crippen molar-refractivity contribution in [3.63, 3.8) is 0 Å². The van der Waals surface area contributed by atoms with E-state index in [1.807, 2.05) is 6.92 Å². The first-order chi connectivity index (χ1) is 10.7. The second kappa shape index (κ2) is 8.73. The first-order valence-electron chi connectivity index (χ1n) is 8.20. The molecular formula is C15H28N6O. The molecule has 1 saturated heterocycles. The lowest BCUT2D eigenvalue weighted by atomic mass is 10.1. The van der Waals surface area contributed by atoms with Gasteiger partial charge in [0.05, 0.1) is 0 Å². The third kappa shape index (κ3) is 5.29. The Morgan fingerprint density at radius 3 is 2.77 bits per heavy atom. The zero-order chi connectivity index (χ0) is 15.8. The number of guanidine groups is 1. The number of rotatable bonds is 6. The molecule has 2 rings (SSSR count). The number of hydrogen-bond acceptors (Lipinski definition) is 5. The molecule has 1 aliphatic heterocycles. The molecule has 0 radical (unpaired) electrons. The van der Waals surface area contributed by atoms with Crippen molar-refractivity contribution < 1.29 is 4.52 Å². The Morgan fingerprint density at radius 1 is 1.41 bits per heavy atom. The summed E-state index contributed by atoms with van der Waals surface area (Å²) >= 11 is 0. The fourth-order valence-electron chi connectivity index (χ4n) is 2.73. The van der Waals surface area contributed by atoms with Gasteiger partial charge in [0.25, 0.3) is 0 Å². The van der Waals surface area contributed by atoms with Crippen LogP contribution in [0.25, 0.3) is 0 Å². The number of aromatic nitrogens is 2. The molecule has 0 amide bonds. The topological polar surface area (TPSA) is 78.6 Å².